The third-order valence-corrected chi connectivity index (χ3v) is 4.08. The Morgan fingerprint density at radius 3 is 2.44 bits per heavy atom. The molecule has 0 unspecified atom stereocenters. The fourth-order valence-electron chi connectivity index (χ4n) is 2.53. The molecule has 0 bridgehead atoms. The van der Waals surface area contributed by atoms with Gasteiger partial charge in [-0.1, -0.05) is 18.2 Å². The number of ether oxygens (including phenoxy) is 1. The number of nitrogens with two attached hydrogens (primary N) is 1. The first kappa shape index (κ1) is 17.0. The maximum atomic E-state index is 13.8. The third kappa shape index (κ3) is 4.35. The second-order valence-electron chi connectivity index (χ2n) is 6.04. The SMILES string of the molecule is Nc1ccc(C(=O)OCC(=O)N(Cc2ccccc2F)C2CC2)cc1. The summed E-state index contributed by atoms with van der Waals surface area (Å²) in [6.45, 7) is -0.191. The van der Waals surface area contributed by atoms with Crippen molar-refractivity contribution in [1.82, 2.24) is 4.90 Å². The Bertz CT molecular complexity index is 772. The lowest BCUT2D eigenvalue weighted by Crippen LogP contribution is -2.36. The molecule has 3 rings (SSSR count). The van der Waals surface area contributed by atoms with E-state index in [2.05, 4.69) is 0 Å². The maximum Gasteiger partial charge on any atom is 0.338 e. The molecule has 1 fully saturated rings. The number of nitrogen functional groups attached to an aromatic ring is 1. The molecule has 0 saturated heterocycles. The Kier molecular flexibility index (Phi) is 4.97. The molecular weight excluding hydrogens is 323 g/mol. The van der Waals surface area contributed by atoms with Crippen LogP contribution in [0.2, 0.25) is 0 Å². The normalized spacial score (nSPS) is 13.3. The van der Waals surface area contributed by atoms with Crippen molar-refractivity contribution in [2.24, 2.45) is 0 Å². The molecule has 0 spiro atoms. The van der Waals surface area contributed by atoms with E-state index in [1.54, 1.807) is 47.4 Å². The lowest BCUT2D eigenvalue weighted by molar-refractivity contribution is -0.135. The summed E-state index contributed by atoms with van der Waals surface area (Å²) in [5, 5.41) is 0. The van der Waals surface area contributed by atoms with Crippen LogP contribution < -0.4 is 5.73 Å². The summed E-state index contributed by atoms with van der Waals surface area (Å²) < 4.78 is 18.9. The molecule has 1 aliphatic rings. The molecule has 0 heterocycles. The van der Waals surface area contributed by atoms with Crippen LogP contribution in [0.5, 0.6) is 0 Å². The Balaban J connectivity index is 1.61. The van der Waals surface area contributed by atoms with Crippen molar-refractivity contribution >= 4 is 17.6 Å². The first-order valence-electron chi connectivity index (χ1n) is 8.10. The quantitative estimate of drug-likeness (QED) is 0.647. The fraction of sp³-hybridized carbons (Fsp3) is 0.263. The summed E-state index contributed by atoms with van der Waals surface area (Å²) in [6, 6.07) is 12.7. The highest BCUT2D eigenvalue weighted by Crippen LogP contribution is 2.29. The van der Waals surface area contributed by atoms with Crippen molar-refractivity contribution in [3.8, 4) is 0 Å². The Hall–Kier alpha value is -2.89. The highest BCUT2D eigenvalue weighted by Gasteiger charge is 2.33. The van der Waals surface area contributed by atoms with Gasteiger partial charge in [0, 0.05) is 23.8 Å². The second kappa shape index (κ2) is 7.34. The van der Waals surface area contributed by atoms with E-state index in [0.29, 0.717) is 16.8 Å². The molecule has 2 N–H and O–H groups in total. The van der Waals surface area contributed by atoms with E-state index in [1.807, 2.05) is 0 Å². The molecule has 0 radical (unpaired) electrons. The Morgan fingerprint density at radius 1 is 1.12 bits per heavy atom. The molecule has 1 saturated carbocycles. The minimum Gasteiger partial charge on any atom is -0.452 e. The minimum atomic E-state index is -0.588. The smallest absolute Gasteiger partial charge is 0.338 e. The van der Waals surface area contributed by atoms with Gasteiger partial charge in [0.25, 0.3) is 5.91 Å². The largest absolute Gasteiger partial charge is 0.452 e. The van der Waals surface area contributed by atoms with Gasteiger partial charge in [-0.2, -0.15) is 0 Å². The number of hydrogen-bond acceptors (Lipinski definition) is 4. The summed E-state index contributed by atoms with van der Waals surface area (Å²) in [7, 11) is 0. The van der Waals surface area contributed by atoms with Crippen molar-refractivity contribution in [3.63, 3.8) is 0 Å². The van der Waals surface area contributed by atoms with Gasteiger partial charge < -0.3 is 15.4 Å². The first-order chi connectivity index (χ1) is 12.0. The van der Waals surface area contributed by atoms with E-state index < -0.39 is 5.97 Å². The molecule has 25 heavy (non-hydrogen) atoms. The molecule has 0 aliphatic heterocycles. The van der Waals surface area contributed by atoms with Gasteiger partial charge in [0.15, 0.2) is 6.61 Å². The summed E-state index contributed by atoms with van der Waals surface area (Å²) in [5.41, 5.74) is 6.89. The van der Waals surface area contributed by atoms with E-state index >= 15 is 0 Å². The van der Waals surface area contributed by atoms with Gasteiger partial charge >= 0.3 is 5.97 Å². The third-order valence-electron chi connectivity index (χ3n) is 4.08. The number of hydrogen-bond donors (Lipinski definition) is 1. The van der Waals surface area contributed by atoms with E-state index in [4.69, 9.17) is 10.5 Å². The van der Waals surface area contributed by atoms with Crippen LogP contribution in [0.15, 0.2) is 48.5 Å². The van der Waals surface area contributed by atoms with Crippen LogP contribution in [-0.2, 0) is 16.1 Å². The van der Waals surface area contributed by atoms with Crippen molar-refractivity contribution in [2.45, 2.75) is 25.4 Å². The summed E-state index contributed by atoms with van der Waals surface area (Å²) >= 11 is 0. The van der Waals surface area contributed by atoms with Crippen LogP contribution in [0.25, 0.3) is 0 Å². The van der Waals surface area contributed by atoms with Crippen molar-refractivity contribution in [3.05, 3.63) is 65.5 Å². The van der Waals surface area contributed by atoms with Crippen molar-refractivity contribution in [1.29, 1.82) is 0 Å². The minimum absolute atomic E-state index is 0.0855. The molecule has 130 valence electrons. The lowest BCUT2D eigenvalue weighted by atomic mass is 10.2. The van der Waals surface area contributed by atoms with Crippen molar-refractivity contribution < 1.29 is 18.7 Å². The van der Waals surface area contributed by atoms with Crippen LogP contribution in [-0.4, -0.2) is 29.4 Å². The maximum absolute atomic E-state index is 13.8. The number of amides is 1. The summed E-state index contributed by atoms with van der Waals surface area (Å²) in [5.74, 6) is -1.26. The predicted molar refractivity (Wildman–Crippen MR) is 91.1 cm³/mol. The monoisotopic (exact) mass is 342 g/mol. The molecule has 2 aromatic rings. The average molecular weight is 342 g/mol. The topological polar surface area (TPSA) is 72.6 Å². The zero-order valence-electron chi connectivity index (χ0n) is 13.7. The van der Waals surface area contributed by atoms with Gasteiger partial charge in [-0.25, -0.2) is 9.18 Å². The fourth-order valence-corrected chi connectivity index (χ4v) is 2.53. The number of halogens is 1. The average Bonchev–Trinajstić information content (AvgIpc) is 3.44. The van der Waals surface area contributed by atoms with Crippen LogP contribution in [0.3, 0.4) is 0 Å². The number of carbonyl (C=O) groups excluding carboxylic acids is 2. The molecule has 1 aliphatic carbocycles. The molecule has 0 atom stereocenters. The zero-order valence-corrected chi connectivity index (χ0v) is 13.7. The van der Waals surface area contributed by atoms with Crippen LogP contribution in [0, 0.1) is 5.82 Å². The van der Waals surface area contributed by atoms with Gasteiger partial charge in [0.05, 0.1) is 5.56 Å². The second-order valence-corrected chi connectivity index (χ2v) is 6.04. The molecule has 5 nitrogen and oxygen atoms in total. The van der Waals surface area contributed by atoms with Gasteiger partial charge in [-0.15, -0.1) is 0 Å². The van der Waals surface area contributed by atoms with Crippen molar-refractivity contribution in [2.75, 3.05) is 12.3 Å². The number of carbonyl (C=O) groups is 2. The van der Waals surface area contributed by atoms with Gasteiger partial charge in [0.2, 0.25) is 0 Å². The molecule has 2 aromatic carbocycles. The number of rotatable bonds is 6. The summed E-state index contributed by atoms with van der Waals surface area (Å²) in [6.07, 6.45) is 1.76. The molecule has 1 amide bonds. The van der Waals surface area contributed by atoms with Gasteiger partial charge in [-0.3, -0.25) is 4.79 Å². The highest BCUT2D eigenvalue weighted by molar-refractivity contribution is 5.91. The van der Waals surface area contributed by atoms with E-state index in [-0.39, 0.29) is 30.9 Å². The first-order valence-corrected chi connectivity index (χ1v) is 8.10. The number of benzene rings is 2. The molecular formula is C19H19FN2O3. The zero-order chi connectivity index (χ0) is 17.8. The number of anilines is 1. The lowest BCUT2D eigenvalue weighted by Gasteiger charge is -2.22. The number of nitrogens with zero attached hydrogens (tertiary/aromatic N) is 1. The Morgan fingerprint density at radius 2 is 1.80 bits per heavy atom. The number of esters is 1. The molecule has 6 heteroatoms. The van der Waals surface area contributed by atoms with Crippen LogP contribution >= 0.6 is 0 Å². The standard InChI is InChI=1S/C19H19FN2O3/c20-17-4-2-1-3-14(17)11-22(16-9-10-16)18(23)12-25-19(24)13-5-7-15(21)8-6-13/h1-8,16H,9-12,21H2. The summed E-state index contributed by atoms with van der Waals surface area (Å²) in [4.78, 5) is 26.0. The van der Waals surface area contributed by atoms with Crippen LogP contribution in [0.4, 0.5) is 10.1 Å². The van der Waals surface area contributed by atoms with E-state index in [0.717, 1.165) is 12.8 Å². The van der Waals surface area contributed by atoms with Gasteiger partial charge in [-0.05, 0) is 43.2 Å². The Labute approximate surface area is 145 Å². The van der Waals surface area contributed by atoms with E-state index in [1.165, 1.54) is 6.07 Å². The van der Waals surface area contributed by atoms with Gasteiger partial charge in [0.1, 0.15) is 5.82 Å². The highest BCUT2D eigenvalue weighted by atomic mass is 19.1. The molecule has 0 aromatic heterocycles. The predicted octanol–water partition coefficient (Wildman–Crippen LogP) is 2.76. The van der Waals surface area contributed by atoms with E-state index in [9.17, 15) is 14.0 Å². The van der Waals surface area contributed by atoms with Crippen LogP contribution in [0.1, 0.15) is 28.8 Å².